The summed E-state index contributed by atoms with van der Waals surface area (Å²) in [5.74, 6) is 0.776. The van der Waals surface area contributed by atoms with Crippen molar-refractivity contribution < 1.29 is 4.74 Å². The van der Waals surface area contributed by atoms with Gasteiger partial charge in [0.25, 0.3) is 0 Å². The second kappa shape index (κ2) is 10.2. The molecule has 0 radical (unpaired) electrons. The predicted octanol–water partition coefficient (Wildman–Crippen LogP) is 3.15. The van der Waals surface area contributed by atoms with Crippen molar-refractivity contribution in [3.05, 3.63) is 50.4 Å². The van der Waals surface area contributed by atoms with Crippen LogP contribution in [0.1, 0.15) is 27.2 Å². The summed E-state index contributed by atoms with van der Waals surface area (Å²) in [6, 6.07) is 8.32. The molecule has 2 aromatic rings. The van der Waals surface area contributed by atoms with Gasteiger partial charge in [0.05, 0.1) is 31.5 Å². The molecule has 6 nitrogen and oxygen atoms in total. The number of morpholine rings is 1. The fourth-order valence-electron chi connectivity index (χ4n) is 3.22. The van der Waals surface area contributed by atoms with E-state index in [0.717, 1.165) is 54.5 Å². The van der Waals surface area contributed by atoms with Crippen molar-refractivity contribution in [1.29, 1.82) is 0 Å². The van der Waals surface area contributed by atoms with Crippen LogP contribution in [0.25, 0.3) is 0 Å². The maximum absolute atomic E-state index is 6.08. The lowest BCUT2D eigenvalue weighted by Crippen LogP contribution is -2.46. The highest BCUT2D eigenvalue weighted by molar-refractivity contribution is 7.11. The van der Waals surface area contributed by atoms with Crippen molar-refractivity contribution in [1.82, 2.24) is 20.5 Å². The SMILES string of the molecule is CN=C(NCc1nc(C)c(C)s1)NCC(c1ccc(Cl)cc1)N1CCOCC1. The van der Waals surface area contributed by atoms with Gasteiger partial charge in [-0.25, -0.2) is 4.98 Å². The molecule has 152 valence electrons. The quantitative estimate of drug-likeness (QED) is 0.554. The molecule has 0 aliphatic carbocycles. The molecule has 28 heavy (non-hydrogen) atoms. The largest absolute Gasteiger partial charge is 0.379 e. The lowest BCUT2D eigenvalue weighted by atomic mass is 10.0. The Kier molecular flexibility index (Phi) is 7.67. The lowest BCUT2D eigenvalue weighted by Gasteiger charge is -2.35. The Morgan fingerprint density at radius 3 is 2.57 bits per heavy atom. The van der Waals surface area contributed by atoms with Gasteiger partial charge in [-0.2, -0.15) is 0 Å². The highest BCUT2D eigenvalue weighted by Gasteiger charge is 2.23. The number of nitrogens with one attached hydrogen (secondary N) is 2. The van der Waals surface area contributed by atoms with Crippen LogP contribution in [0, 0.1) is 13.8 Å². The van der Waals surface area contributed by atoms with Crippen LogP contribution in [0.4, 0.5) is 0 Å². The number of hydrogen-bond acceptors (Lipinski definition) is 5. The molecule has 0 saturated carbocycles. The number of benzene rings is 1. The van der Waals surface area contributed by atoms with Crippen LogP contribution in [0.5, 0.6) is 0 Å². The number of rotatable bonds is 6. The predicted molar refractivity (Wildman–Crippen MR) is 116 cm³/mol. The van der Waals surface area contributed by atoms with Gasteiger partial charge in [0.1, 0.15) is 5.01 Å². The van der Waals surface area contributed by atoms with Crippen LogP contribution in [0.2, 0.25) is 5.02 Å². The minimum Gasteiger partial charge on any atom is -0.379 e. The Bertz CT molecular complexity index is 767. The zero-order valence-corrected chi connectivity index (χ0v) is 18.2. The van der Waals surface area contributed by atoms with E-state index in [-0.39, 0.29) is 6.04 Å². The highest BCUT2D eigenvalue weighted by Crippen LogP contribution is 2.23. The zero-order valence-electron chi connectivity index (χ0n) is 16.7. The molecule has 1 saturated heterocycles. The summed E-state index contributed by atoms with van der Waals surface area (Å²) in [5.41, 5.74) is 2.33. The molecule has 8 heteroatoms. The van der Waals surface area contributed by atoms with E-state index < -0.39 is 0 Å². The molecule has 1 unspecified atom stereocenters. The van der Waals surface area contributed by atoms with Gasteiger partial charge >= 0.3 is 0 Å². The Morgan fingerprint density at radius 2 is 1.96 bits per heavy atom. The molecular weight excluding hydrogens is 394 g/mol. The fourth-order valence-corrected chi connectivity index (χ4v) is 4.22. The van der Waals surface area contributed by atoms with Gasteiger partial charge in [0.2, 0.25) is 0 Å². The number of thiazole rings is 1. The Morgan fingerprint density at radius 1 is 1.25 bits per heavy atom. The second-order valence-corrected chi connectivity index (χ2v) is 8.50. The van der Waals surface area contributed by atoms with Crippen LogP contribution in [-0.2, 0) is 11.3 Å². The number of aliphatic imine (C=N–C) groups is 1. The number of halogens is 1. The monoisotopic (exact) mass is 421 g/mol. The molecule has 0 amide bonds. The summed E-state index contributed by atoms with van der Waals surface area (Å²) in [6.45, 7) is 8.92. The van der Waals surface area contributed by atoms with E-state index in [2.05, 4.69) is 44.6 Å². The van der Waals surface area contributed by atoms with Crippen LogP contribution >= 0.6 is 22.9 Å². The molecule has 1 fully saturated rings. The molecule has 1 aliphatic rings. The topological polar surface area (TPSA) is 61.8 Å². The third-order valence-corrected chi connectivity index (χ3v) is 6.23. The lowest BCUT2D eigenvalue weighted by molar-refractivity contribution is 0.0170. The van der Waals surface area contributed by atoms with E-state index in [0.29, 0.717) is 6.54 Å². The van der Waals surface area contributed by atoms with Gasteiger partial charge in [-0.15, -0.1) is 11.3 Å². The molecule has 2 N–H and O–H groups in total. The maximum Gasteiger partial charge on any atom is 0.191 e. The molecular formula is C20H28ClN5OS. The average molecular weight is 422 g/mol. The minimum atomic E-state index is 0.226. The second-order valence-electron chi connectivity index (χ2n) is 6.77. The summed E-state index contributed by atoms with van der Waals surface area (Å²) in [6.07, 6.45) is 0. The number of nitrogens with zero attached hydrogens (tertiary/aromatic N) is 3. The molecule has 0 bridgehead atoms. The third-order valence-electron chi connectivity index (χ3n) is 4.91. The molecule has 3 rings (SSSR count). The molecule has 1 atom stereocenters. The first-order valence-corrected chi connectivity index (χ1v) is 10.7. The normalized spacial score (nSPS) is 16.8. The first kappa shape index (κ1) is 21.0. The van der Waals surface area contributed by atoms with Crippen molar-refractivity contribution >= 4 is 28.9 Å². The van der Waals surface area contributed by atoms with Crippen molar-refractivity contribution in [3.63, 3.8) is 0 Å². The van der Waals surface area contributed by atoms with Gasteiger partial charge < -0.3 is 15.4 Å². The average Bonchev–Trinajstić information content (AvgIpc) is 3.04. The van der Waals surface area contributed by atoms with Gasteiger partial charge in [-0.3, -0.25) is 9.89 Å². The van der Waals surface area contributed by atoms with Gasteiger partial charge in [0.15, 0.2) is 5.96 Å². The zero-order chi connectivity index (χ0) is 19.9. The first-order valence-electron chi connectivity index (χ1n) is 9.51. The highest BCUT2D eigenvalue weighted by atomic mass is 35.5. The fraction of sp³-hybridized carbons (Fsp3) is 0.500. The van der Waals surface area contributed by atoms with Crippen LogP contribution in [-0.4, -0.2) is 55.7 Å². The smallest absolute Gasteiger partial charge is 0.191 e. The number of hydrogen-bond donors (Lipinski definition) is 2. The Hall–Kier alpha value is -1.67. The third kappa shape index (κ3) is 5.67. The van der Waals surface area contributed by atoms with Crippen LogP contribution < -0.4 is 10.6 Å². The number of guanidine groups is 1. The summed E-state index contributed by atoms with van der Waals surface area (Å²) in [4.78, 5) is 12.6. The van der Waals surface area contributed by atoms with E-state index in [1.165, 1.54) is 10.4 Å². The summed E-state index contributed by atoms with van der Waals surface area (Å²) in [7, 11) is 1.79. The van der Waals surface area contributed by atoms with Crippen molar-refractivity contribution in [2.24, 2.45) is 4.99 Å². The van der Waals surface area contributed by atoms with E-state index in [9.17, 15) is 0 Å². The van der Waals surface area contributed by atoms with Gasteiger partial charge in [-0.1, -0.05) is 23.7 Å². The van der Waals surface area contributed by atoms with Crippen LogP contribution in [0.3, 0.4) is 0 Å². The van der Waals surface area contributed by atoms with E-state index in [4.69, 9.17) is 16.3 Å². The van der Waals surface area contributed by atoms with E-state index in [1.54, 1.807) is 18.4 Å². The Balaban J connectivity index is 1.62. The number of aryl methyl sites for hydroxylation is 2. The summed E-state index contributed by atoms with van der Waals surface area (Å²) in [5, 5.41) is 8.66. The van der Waals surface area contributed by atoms with Crippen molar-refractivity contribution in [2.75, 3.05) is 39.9 Å². The van der Waals surface area contributed by atoms with Gasteiger partial charge in [-0.05, 0) is 31.5 Å². The van der Waals surface area contributed by atoms with Gasteiger partial charge in [0, 0.05) is 36.6 Å². The molecule has 1 aromatic carbocycles. The molecule has 1 aromatic heterocycles. The van der Waals surface area contributed by atoms with Crippen molar-refractivity contribution in [2.45, 2.75) is 26.4 Å². The number of ether oxygens (including phenoxy) is 1. The molecule has 0 spiro atoms. The van der Waals surface area contributed by atoms with E-state index >= 15 is 0 Å². The standard InChI is InChI=1S/C20H28ClN5OS/c1-14-15(2)28-19(25-14)13-24-20(22-3)23-12-18(26-8-10-27-11-9-26)16-4-6-17(21)7-5-16/h4-7,18H,8-13H2,1-3H3,(H2,22,23,24). The Labute approximate surface area is 176 Å². The maximum atomic E-state index is 6.08. The van der Waals surface area contributed by atoms with E-state index in [1.807, 2.05) is 19.1 Å². The van der Waals surface area contributed by atoms with Crippen LogP contribution in [0.15, 0.2) is 29.3 Å². The number of aromatic nitrogens is 1. The van der Waals surface area contributed by atoms with Crippen molar-refractivity contribution in [3.8, 4) is 0 Å². The first-order chi connectivity index (χ1) is 13.6. The summed E-state index contributed by atoms with van der Waals surface area (Å²) >= 11 is 7.80. The minimum absolute atomic E-state index is 0.226. The molecule has 2 heterocycles. The summed E-state index contributed by atoms with van der Waals surface area (Å²) < 4.78 is 5.53. The molecule has 1 aliphatic heterocycles.